The third-order valence-corrected chi connectivity index (χ3v) is 3.38. The average Bonchev–Trinajstić information content (AvgIpc) is 2.02. The summed E-state index contributed by atoms with van der Waals surface area (Å²) in [5.41, 5.74) is 5.49. The maximum absolute atomic E-state index is 10.9. The number of thioether (sulfide) groups is 1. The Labute approximate surface area is 69.6 Å². The van der Waals surface area contributed by atoms with Crippen LogP contribution in [-0.2, 0) is 4.79 Å². The zero-order valence-electron chi connectivity index (χ0n) is 6.06. The third kappa shape index (κ3) is 1.06. The Morgan fingerprint density at radius 3 is 3.18 bits per heavy atom. The van der Waals surface area contributed by atoms with E-state index < -0.39 is 0 Å². The summed E-state index contributed by atoms with van der Waals surface area (Å²) in [7, 11) is 0. The molecule has 0 bridgehead atoms. The molecule has 2 aliphatic heterocycles. The van der Waals surface area contributed by atoms with Crippen molar-refractivity contribution < 1.29 is 4.79 Å². The quantitative estimate of drug-likeness (QED) is 0.569. The number of amides is 1. The molecule has 2 heterocycles. The van der Waals surface area contributed by atoms with Gasteiger partial charge in [-0.2, -0.15) is 0 Å². The fraction of sp³-hybridized carbons (Fsp3) is 0.571. The summed E-state index contributed by atoms with van der Waals surface area (Å²) in [6.07, 6.45) is 4.55. The van der Waals surface area contributed by atoms with Gasteiger partial charge in [-0.15, -0.1) is 11.8 Å². The van der Waals surface area contributed by atoms with Crippen molar-refractivity contribution in [3.8, 4) is 0 Å². The monoisotopic (exact) mass is 170 g/mol. The van der Waals surface area contributed by atoms with Crippen LogP contribution in [0.15, 0.2) is 12.3 Å². The van der Waals surface area contributed by atoms with Gasteiger partial charge in [-0.05, 0) is 0 Å². The van der Waals surface area contributed by atoms with Gasteiger partial charge in [0.15, 0.2) is 0 Å². The van der Waals surface area contributed by atoms with E-state index in [1.54, 1.807) is 16.7 Å². The highest BCUT2D eigenvalue weighted by Crippen LogP contribution is 2.36. The van der Waals surface area contributed by atoms with Gasteiger partial charge in [0.1, 0.15) is 0 Å². The number of nitrogens with two attached hydrogens (primary N) is 1. The number of nitrogens with zero attached hydrogens (tertiary/aromatic N) is 1. The lowest BCUT2D eigenvalue weighted by molar-refractivity contribution is -0.137. The molecule has 3 nitrogen and oxygen atoms in total. The number of hydrogen-bond acceptors (Lipinski definition) is 3. The van der Waals surface area contributed by atoms with Crippen LogP contribution < -0.4 is 5.73 Å². The van der Waals surface area contributed by atoms with Crippen molar-refractivity contribution in [1.82, 2.24) is 4.90 Å². The number of carbonyl (C=O) groups is 1. The Hall–Kier alpha value is -0.480. The maximum atomic E-state index is 10.9. The predicted octanol–water partition coefficient (Wildman–Crippen LogP) is 0.133. The number of hydrogen-bond donors (Lipinski definition) is 1. The average molecular weight is 170 g/mol. The summed E-state index contributed by atoms with van der Waals surface area (Å²) in [6.45, 7) is 0.666. The first-order chi connectivity index (χ1) is 5.31. The number of fused-ring (bicyclic) bond motifs is 1. The highest BCUT2D eigenvalue weighted by molar-refractivity contribution is 8.00. The molecule has 1 unspecified atom stereocenters. The van der Waals surface area contributed by atoms with Crippen LogP contribution in [0, 0.1) is 0 Å². The van der Waals surface area contributed by atoms with Crippen molar-refractivity contribution >= 4 is 17.7 Å². The highest BCUT2D eigenvalue weighted by Gasteiger charge is 2.38. The summed E-state index contributed by atoms with van der Waals surface area (Å²) in [5.74, 6) is 0.231. The van der Waals surface area contributed by atoms with E-state index in [1.165, 1.54) is 0 Å². The lowest BCUT2D eigenvalue weighted by atomic mass is 10.2. The molecule has 0 aromatic rings. The van der Waals surface area contributed by atoms with E-state index in [0.29, 0.717) is 23.6 Å². The van der Waals surface area contributed by atoms with Gasteiger partial charge in [-0.1, -0.05) is 6.08 Å². The van der Waals surface area contributed by atoms with Gasteiger partial charge in [0.05, 0.1) is 11.8 Å². The van der Waals surface area contributed by atoms with Crippen LogP contribution in [0.5, 0.6) is 0 Å². The SMILES string of the molecule is NCC1C=CN2C(=O)C[C@H]2S1. The van der Waals surface area contributed by atoms with Gasteiger partial charge < -0.3 is 10.6 Å². The Kier molecular flexibility index (Phi) is 1.65. The van der Waals surface area contributed by atoms with Crippen LogP contribution in [-0.4, -0.2) is 28.0 Å². The zero-order valence-corrected chi connectivity index (χ0v) is 6.88. The van der Waals surface area contributed by atoms with Gasteiger partial charge >= 0.3 is 0 Å². The maximum Gasteiger partial charge on any atom is 0.230 e. The summed E-state index contributed by atoms with van der Waals surface area (Å²) in [6, 6.07) is 0. The summed E-state index contributed by atoms with van der Waals surface area (Å²) in [4.78, 5) is 12.7. The Balaban J connectivity index is 2.06. The van der Waals surface area contributed by atoms with E-state index in [-0.39, 0.29) is 5.91 Å². The summed E-state index contributed by atoms with van der Waals surface area (Å²) in [5, 5.41) is 0.783. The molecule has 0 radical (unpaired) electrons. The minimum absolute atomic E-state index is 0.231. The second-order valence-electron chi connectivity index (χ2n) is 2.71. The lowest BCUT2D eigenvalue weighted by Crippen LogP contribution is -2.50. The number of rotatable bonds is 1. The van der Waals surface area contributed by atoms with E-state index in [1.807, 2.05) is 12.3 Å². The molecule has 0 aromatic carbocycles. The van der Waals surface area contributed by atoms with Crippen LogP contribution >= 0.6 is 11.8 Å². The molecule has 2 aliphatic rings. The van der Waals surface area contributed by atoms with Crippen molar-refractivity contribution in [2.45, 2.75) is 17.0 Å². The zero-order chi connectivity index (χ0) is 7.84. The minimum atomic E-state index is 0.231. The molecule has 0 saturated carbocycles. The number of β-lactam (4-membered cyclic amide) rings is 1. The van der Waals surface area contributed by atoms with Gasteiger partial charge in [-0.25, -0.2) is 0 Å². The molecule has 1 fully saturated rings. The van der Waals surface area contributed by atoms with E-state index in [9.17, 15) is 4.79 Å². The van der Waals surface area contributed by atoms with Crippen molar-refractivity contribution in [2.75, 3.05) is 6.54 Å². The van der Waals surface area contributed by atoms with Crippen molar-refractivity contribution in [2.24, 2.45) is 5.73 Å². The van der Waals surface area contributed by atoms with Crippen LogP contribution in [0.4, 0.5) is 0 Å². The largest absolute Gasteiger partial charge is 0.329 e. The number of carbonyl (C=O) groups excluding carboxylic acids is 1. The molecule has 1 amide bonds. The summed E-state index contributed by atoms with van der Waals surface area (Å²) >= 11 is 1.78. The molecule has 2 N–H and O–H groups in total. The first-order valence-corrected chi connectivity index (χ1v) is 4.60. The van der Waals surface area contributed by atoms with Gasteiger partial charge in [0, 0.05) is 18.0 Å². The van der Waals surface area contributed by atoms with E-state index in [4.69, 9.17) is 5.73 Å². The molecule has 0 spiro atoms. The topological polar surface area (TPSA) is 46.3 Å². The minimum Gasteiger partial charge on any atom is -0.329 e. The Morgan fingerprint density at radius 1 is 1.82 bits per heavy atom. The molecule has 4 heteroatoms. The molecule has 1 saturated heterocycles. The predicted molar refractivity (Wildman–Crippen MR) is 44.8 cm³/mol. The second-order valence-corrected chi connectivity index (χ2v) is 4.13. The molecule has 0 aromatic heterocycles. The van der Waals surface area contributed by atoms with E-state index >= 15 is 0 Å². The Bertz CT molecular complexity index is 216. The van der Waals surface area contributed by atoms with E-state index in [2.05, 4.69) is 0 Å². The third-order valence-electron chi connectivity index (χ3n) is 1.97. The second kappa shape index (κ2) is 2.53. The molecule has 2 atom stereocenters. The molecule has 11 heavy (non-hydrogen) atoms. The molecule has 60 valence electrons. The summed E-state index contributed by atoms with van der Waals surface area (Å²) < 4.78 is 0. The molecular formula is C7H10N2OS. The van der Waals surface area contributed by atoms with Gasteiger partial charge in [-0.3, -0.25) is 4.79 Å². The highest BCUT2D eigenvalue weighted by atomic mass is 32.2. The van der Waals surface area contributed by atoms with Crippen LogP contribution in [0.3, 0.4) is 0 Å². The standard InChI is InChI=1S/C7H10N2OS/c8-4-5-1-2-9-6(10)3-7(9)11-5/h1-2,5,7H,3-4,8H2/t5?,7-/m1/s1. The van der Waals surface area contributed by atoms with Crippen molar-refractivity contribution in [3.05, 3.63) is 12.3 Å². The fourth-order valence-corrected chi connectivity index (χ4v) is 2.50. The van der Waals surface area contributed by atoms with Crippen LogP contribution in [0.25, 0.3) is 0 Å². The van der Waals surface area contributed by atoms with Gasteiger partial charge in [0.25, 0.3) is 0 Å². The Morgan fingerprint density at radius 2 is 2.64 bits per heavy atom. The fourth-order valence-electron chi connectivity index (χ4n) is 1.26. The first kappa shape index (κ1) is 7.18. The smallest absolute Gasteiger partial charge is 0.230 e. The van der Waals surface area contributed by atoms with Crippen LogP contribution in [0.2, 0.25) is 0 Å². The van der Waals surface area contributed by atoms with Gasteiger partial charge in [0.2, 0.25) is 5.91 Å². The van der Waals surface area contributed by atoms with Crippen molar-refractivity contribution in [3.63, 3.8) is 0 Å². The first-order valence-electron chi connectivity index (χ1n) is 3.66. The molecule has 0 aliphatic carbocycles. The molecular weight excluding hydrogens is 160 g/mol. The van der Waals surface area contributed by atoms with E-state index in [0.717, 1.165) is 0 Å². The van der Waals surface area contributed by atoms with Crippen molar-refractivity contribution in [1.29, 1.82) is 0 Å². The van der Waals surface area contributed by atoms with Crippen LogP contribution in [0.1, 0.15) is 6.42 Å². The normalized spacial score (nSPS) is 35.0. The molecule has 2 rings (SSSR count). The lowest BCUT2D eigenvalue weighted by Gasteiger charge is -2.41.